The largest absolute Gasteiger partial charge is 0.396 e. The second-order valence-electron chi connectivity index (χ2n) is 3.48. The summed E-state index contributed by atoms with van der Waals surface area (Å²) in [6.07, 6.45) is 4.61. The summed E-state index contributed by atoms with van der Waals surface area (Å²) >= 11 is 0. The summed E-state index contributed by atoms with van der Waals surface area (Å²) in [7, 11) is 0. The van der Waals surface area contributed by atoms with E-state index in [0.717, 1.165) is 25.7 Å². The molecule has 2 nitrogen and oxygen atoms in total. The Balaban J connectivity index is 2.14. The highest BCUT2D eigenvalue weighted by molar-refractivity contribution is 5.07. The number of hydrogen-bond acceptors (Lipinski definition) is 2. The molecule has 0 aliphatic carbocycles. The van der Waals surface area contributed by atoms with Crippen LogP contribution in [-0.2, 0) is 4.74 Å². The van der Waals surface area contributed by atoms with E-state index in [0.29, 0.717) is 12.7 Å². The van der Waals surface area contributed by atoms with E-state index in [4.69, 9.17) is 9.84 Å². The van der Waals surface area contributed by atoms with Crippen molar-refractivity contribution in [3.63, 3.8) is 0 Å². The van der Waals surface area contributed by atoms with E-state index in [1.165, 1.54) is 5.57 Å². The van der Waals surface area contributed by atoms with Gasteiger partial charge in [-0.2, -0.15) is 0 Å². The Labute approximate surface area is 74.2 Å². The highest BCUT2D eigenvalue weighted by atomic mass is 16.5. The first-order chi connectivity index (χ1) is 5.74. The molecule has 2 heteroatoms. The zero-order chi connectivity index (χ0) is 8.97. The SMILES string of the molecule is C=C1C[C@H](CCCCO)O[C@H]1C. The number of rotatable bonds is 4. The van der Waals surface area contributed by atoms with Crippen LogP contribution in [0.2, 0.25) is 0 Å². The van der Waals surface area contributed by atoms with Gasteiger partial charge in [-0.05, 0) is 38.2 Å². The third-order valence-electron chi connectivity index (χ3n) is 2.40. The Morgan fingerprint density at radius 1 is 1.58 bits per heavy atom. The van der Waals surface area contributed by atoms with Crippen LogP contribution < -0.4 is 0 Å². The minimum atomic E-state index is 0.240. The zero-order valence-corrected chi connectivity index (χ0v) is 7.75. The fourth-order valence-electron chi connectivity index (χ4n) is 1.55. The molecule has 0 amide bonds. The lowest BCUT2D eigenvalue weighted by Crippen LogP contribution is -2.08. The molecule has 1 heterocycles. The van der Waals surface area contributed by atoms with Gasteiger partial charge in [-0.25, -0.2) is 0 Å². The number of hydrogen-bond donors (Lipinski definition) is 1. The molecule has 0 aromatic rings. The van der Waals surface area contributed by atoms with Crippen molar-refractivity contribution in [2.75, 3.05) is 6.61 Å². The average Bonchev–Trinajstić information content (AvgIpc) is 2.32. The van der Waals surface area contributed by atoms with Crippen molar-refractivity contribution in [2.45, 2.75) is 44.8 Å². The van der Waals surface area contributed by atoms with Crippen molar-refractivity contribution < 1.29 is 9.84 Å². The Morgan fingerprint density at radius 3 is 2.83 bits per heavy atom. The number of aliphatic hydroxyl groups is 1. The second kappa shape index (κ2) is 4.63. The van der Waals surface area contributed by atoms with Gasteiger partial charge >= 0.3 is 0 Å². The van der Waals surface area contributed by atoms with Crippen molar-refractivity contribution in [1.29, 1.82) is 0 Å². The molecular formula is C10H18O2. The van der Waals surface area contributed by atoms with Crippen LogP contribution >= 0.6 is 0 Å². The zero-order valence-electron chi connectivity index (χ0n) is 7.75. The van der Waals surface area contributed by atoms with Gasteiger partial charge in [0.1, 0.15) is 0 Å². The normalized spacial score (nSPS) is 29.7. The molecule has 0 saturated carbocycles. The highest BCUT2D eigenvalue weighted by Gasteiger charge is 2.24. The van der Waals surface area contributed by atoms with E-state index in [9.17, 15) is 0 Å². The number of ether oxygens (including phenoxy) is 1. The minimum absolute atomic E-state index is 0.240. The molecular weight excluding hydrogens is 152 g/mol. The summed E-state index contributed by atoms with van der Waals surface area (Å²) in [6, 6.07) is 0. The topological polar surface area (TPSA) is 29.5 Å². The fourth-order valence-corrected chi connectivity index (χ4v) is 1.55. The van der Waals surface area contributed by atoms with Crippen LogP contribution in [0.15, 0.2) is 12.2 Å². The van der Waals surface area contributed by atoms with E-state index in [1.54, 1.807) is 0 Å². The Morgan fingerprint density at radius 2 is 2.33 bits per heavy atom. The van der Waals surface area contributed by atoms with Crippen molar-refractivity contribution >= 4 is 0 Å². The van der Waals surface area contributed by atoms with Crippen LogP contribution in [0.4, 0.5) is 0 Å². The van der Waals surface area contributed by atoms with Gasteiger partial charge in [0.25, 0.3) is 0 Å². The highest BCUT2D eigenvalue weighted by Crippen LogP contribution is 2.26. The molecule has 1 rings (SSSR count). The minimum Gasteiger partial charge on any atom is -0.396 e. The maximum absolute atomic E-state index is 8.59. The summed E-state index contributed by atoms with van der Waals surface area (Å²) in [5.74, 6) is 0. The molecule has 1 aliphatic rings. The van der Waals surface area contributed by atoms with Crippen molar-refractivity contribution in [1.82, 2.24) is 0 Å². The van der Waals surface area contributed by atoms with Crippen LogP contribution in [-0.4, -0.2) is 23.9 Å². The predicted octanol–water partition coefficient (Wildman–Crippen LogP) is 1.88. The van der Waals surface area contributed by atoms with Crippen LogP contribution in [0.1, 0.15) is 32.6 Å². The van der Waals surface area contributed by atoms with Crippen LogP contribution in [0, 0.1) is 0 Å². The molecule has 0 spiro atoms. The molecule has 0 bridgehead atoms. The summed E-state index contributed by atoms with van der Waals surface area (Å²) in [6.45, 7) is 6.28. The van der Waals surface area contributed by atoms with Gasteiger partial charge in [0, 0.05) is 6.61 Å². The smallest absolute Gasteiger partial charge is 0.0759 e. The molecule has 70 valence electrons. The lowest BCUT2D eigenvalue weighted by Gasteiger charge is -2.08. The fraction of sp³-hybridized carbons (Fsp3) is 0.800. The monoisotopic (exact) mass is 170 g/mol. The quantitative estimate of drug-likeness (QED) is 0.515. The summed E-state index contributed by atoms with van der Waals surface area (Å²) in [5.41, 5.74) is 1.21. The van der Waals surface area contributed by atoms with E-state index in [1.807, 2.05) is 6.92 Å². The number of aliphatic hydroxyl groups excluding tert-OH is 1. The Bertz CT molecular complexity index is 154. The number of unbranched alkanes of at least 4 members (excludes halogenated alkanes) is 1. The maximum Gasteiger partial charge on any atom is 0.0759 e. The molecule has 0 unspecified atom stereocenters. The first kappa shape index (κ1) is 9.75. The lowest BCUT2D eigenvalue weighted by molar-refractivity contribution is 0.0547. The van der Waals surface area contributed by atoms with E-state index >= 15 is 0 Å². The molecule has 2 atom stereocenters. The Hall–Kier alpha value is -0.340. The van der Waals surface area contributed by atoms with Crippen LogP contribution in [0.25, 0.3) is 0 Å². The van der Waals surface area contributed by atoms with Gasteiger partial charge in [-0.15, -0.1) is 0 Å². The molecule has 1 saturated heterocycles. The first-order valence-corrected chi connectivity index (χ1v) is 4.68. The van der Waals surface area contributed by atoms with Gasteiger partial charge < -0.3 is 9.84 Å². The van der Waals surface area contributed by atoms with E-state index in [-0.39, 0.29) is 6.10 Å². The molecule has 0 aromatic carbocycles. The van der Waals surface area contributed by atoms with Gasteiger partial charge in [0.15, 0.2) is 0 Å². The van der Waals surface area contributed by atoms with Gasteiger partial charge in [0.2, 0.25) is 0 Å². The summed E-state index contributed by atoms with van der Waals surface area (Å²) in [5, 5.41) is 8.59. The second-order valence-corrected chi connectivity index (χ2v) is 3.48. The first-order valence-electron chi connectivity index (χ1n) is 4.68. The molecule has 0 radical (unpaired) electrons. The predicted molar refractivity (Wildman–Crippen MR) is 49.0 cm³/mol. The van der Waals surface area contributed by atoms with Crippen LogP contribution in [0.5, 0.6) is 0 Å². The summed E-state index contributed by atoms with van der Waals surface area (Å²) in [4.78, 5) is 0. The standard InChI is InChI=1S/C10H18O2/c1-8-7-10(12-9(8)2)5-3-4-6-11/h9-11H,1,3-7H2,2H3/t9-,10-/m0/s1. The molecule has 1 aliphatic heterocycles. The Kier molecular flexibility index (Phi) is 3.76. The lowest BCUT2D eigenvalue weighted by atomic mass is 10.1. The van der Waals surface area contributed by atoms with Gasteiger partial charge in [0.05, 0.1) is 12.2 Å². The molecule has 12 heavy (non-hydrogen) atoms. The van der Waals surface area contributed by atoms with Gasteiger partial charge in [-0.3, -0.25) is 0 Å². The van der Waals surface area contributed by atoms with E-state index < -0.39 is 0 Å². The molecule has 0 aromatic heterocycles. The van der Waals surface area contributed by atoms with Crippen molar-refractivity contribution in [3.8, 4) is 0 Å². The third kappa shape index (κ3) is 2.61. The van der Waals surface area contributed by atoms with Gasteiger partial charge in [-0.1, -0.05) is 6.58 Å². The van der Waals surface area contributed by atoms with Crippen molar-refractivity contribution in [2.24, 2.45) is 0 Å². The summed E-state index contributed by atoms with van der Waals surface area (Å²) < 4.78 is 5.64. The third-order valence-corrected chi connectivity index (χ3v) is 2.40. The van der Waals surface area contributed by atoms with Crippen molar-refractivity contribution in [3.05, 3.63) is 12.2 Å². The molecule has 1 fully saturated rings. The van der Waals surface area contributed by atoms with Crippen LogP contribution in [0.3, 0.4) is 0 Å². The molecule has 1 N–H and O–H groups in total. The van der Waals surface area contributed by atoms with E-state index in [2.05, 4.69) is 6.58 Å². The maximum atomic E-state index is 8.59. The average molecular weight is 170 g/mol.